The van der Waals surface area contributed by atoms with Crippen LogP contribution in [0, 0.1) is 0 Å². The summed E-state index contributed by atoms with van der Waals surface area (Å²) in [6.45, 7) is 6.83. The smallest absolute Gasteiger partial charge is 0.0484 e. The van der Waals surface area contributed by atoms with Crippen molar-refractivity contribution >= 4 is 10.8 Å². The van der Waals surface area contributed by atoms with E-state index in [-0.39, 0.29) is 0 Å². The zero-order chi connectivity index (χ0) is 14.2. The van der Waals surface area contributed by atoms with Crippen molar-refractivity contribution in [3.63, 3.8) is 0 Å². The summed E-state index contributed by atoms with van der Waals surface area (Å²) in [6, 6.07) is 8.88. The number of ether oxygens (including phenoxy) is 1. The fourth-order valence-corrected chi connectivity index (χ4v) is 2.48. The van der Waals surface area contributed by atoms with Crippen molar-refractivity contribution in [2.75, 3.05) is 19.8 Å². The Morgan fingerprint density at radius 2 is 2.15 bits per heavy atom. The first kappa shape index (κ1) is 14.9. The molecule has 0 bridgehead atoms. The van der Waals surface area contributed by atoms with E-state index >= 15 is 0 Å². The van der Waals surface area contributed by atoms with Crippen molar-refractivity contribution in [1.82, 2.24) is 10.3 Å². The predicted octanol–water partition coefficient (Wildman–Crippen LogP) is 3.70. The van der Waals surface area contributed by atoms with Gasteiger partial charge in [-0.15, -0.1) is 0 Å². The van der Waals surface area contributed by atoms with Crippen molar-refractivity contribution in [2.45, 2.75) is 32.7 Å². The minimum Gasteiger partial charge on any atom is -0.382 e. The Morgan fingerprint density at radius 1 is 1.25 bits per heavy atom. The summed E-state index contributed by atoms with van der Waals surface area (Å²) in [5.74, 6) is 0. The van der Waals surface area contributed by atoms with Gasteiger partial charge in [0.2, 0.25) is 0 Å². The third-order valence-electron chi connectivity index (χ3n) is 3.49. The lowest BCUT2D eigenvalue weighted by Gasteiger charge is -2.20. The van der Waals surface area contributed by atoms with Gasteiger partial charge in [0.25, 0.3) is 0 Å². The normalized spacial score (nSPS) is 12.7. The van der Waals surface area contributed by atoms with Gasteiger partial charge in [0.05, 0.1) is 0 Å². The largest absolute Gasteiger partial charge is 0.382 e. The molecule has 0 amide bonds. The van der Waals surface area contributed by atoms with Gasteiger partial charge in [-0.3, -0.25) is 4.98 Å². The van der Waals surface area contributed by atoms with E-state index in [0.29, 0.717) is 6.04 Å². The first-order chi connectivity index (χ1) is 9.86. The molecule has 2 rings (SSSR count). The molecule has 1 N–H and O–H groups in total. The van der Waals surface area contributed by atoms with Crippen LogP contribution in [0.2, 0.25) is 0 Å². The van der Waals surface area contributed by atoms with Crippen molar-refractivity contribution in [1.29, 1.82) is 0 Å². The Bertz CT molecular complexity index is 522. The molecule has 0 radical (unpaired) electrons. The van der Waals surface area contributed by atoms with E-state index in [0.717, 1.165) is 32.6 Å². The number of fused-ring (bicyclic) bond motifs is 1. The molecule has 2 aromatic rings. The number of aromatic nitrogens is 1. The van der Waals surface area contributed by atoms with Gasteiger partial charge in [-0.25, -0.2) is 0 Å². The minimum absolute atomic E-state index is 0.340. The number of benzene rings is 1. The van der Waals surface area contributed by atoms with Crippen LogP contribution in [0.25, 0.3) is 10.8 Å². The number of hydrogen-bond acceptors (Lipinski definition) is 3. The van der Waals surface area contributed by atoms with Gasteiger partial charge < -0.3 is 10.1 Å². The second kappa shape index (κ2) is 7.98. The first-order valence-corrected chi connectivity index (χ1v) is 7.50. The van der Waals surface area contributed by atoms with Gasteiger partial charge in [-0.05, 0) is 43.3 Å². The summed E-state index contributed by atoms with van der Waals surface area (Å²) in [7, 11) is 0. The van der Waals surface area contributed by atoms with Gasteiger partial charge >= 0.3 is 0 Å². The Kier molecular flexibility index (Phi) is 5.96. The molecule has 1 atom stereocenters. The summed E-state index contributed by atoms with van der Waals surface area (Å²) in [6.07, 6.45) is 5.93. The van der Waals surface area contributed by atoms with Crippen LogP contribution < -0.4 is 5.32 Å². The summed E-state index contributed by atoms with van der Waals surface area (Å²) < 4.78 is 5.53. The van der Waals surface area contributed by atoms with Crippen molar-refractivity contribution in [2.24, 2.45) is 0 Å². The quantitative estimate of drug-likeness (QED) is 0.744. The van der Waals surface area contributed by atoms with Crippen LogP contribution in [0.3, 0.4) is 0 Å². The Labute approximate surface area is 121 Å². The second-order valence-electron chi connectivity index (χ2n) is 4.94. The fourth-order valence-electron chi connectivity index (χ4n) is 2.48. The molecule has 0 saturated carbocycles. The summed E-state index contributed by atoms with van der Waals surface area (Å²) in [5, 5.41) is 6.12. The van der Waals surface area contributed by atoms with E-state index < -0.39 is 0 Å². The molecule has 1 aromatic heterocycles. The molecule has 3 nitrogen and oxygen atoms in total. The van der Waals surface area contributed by atoms with Gasteiger partial charge in [0, 0.05) is 37.0 Å². The van der Waals surface area contributed by atoms with E-state index in [2.05, 4.69) is 41.5 Å². The van der Waals surface area contributed by atoms with Gasteiger partial charge in [-0.1, -0.05) is 25.1 Å². The van der Waals surface area contributed by atoms with Gasteiger partial charge in [-0.2, -0.15) is 0 Å². The molecule has 0 spiro atoms. The van der Waals surface area contributed by atoms with Crippen LogP contribution in [-0.4, -0.2) is 24.7 Å². The van der Waals surface area contributed by atoms with Crippen LogP contribution >= 0.6 is 0 Å². The summed E-state index contributed by atoms with van der Waals surface area (Å²) in [5.41, 5.74) is 1.35. The number of nitrogens with one attached hydrogen (secondary N) is 1. The number of rotatable bonds is 8. The maximum absolute atomic E-state index is 5.53. The standard InChI is InChI=1S/C17H24N2O/c1-3-10-19-17(9-12-20-4-2)16-7-5-6-14-13-18-11-8-15(14)16/h5-8,11,13,17,19H,3-4,9-10,12H2,1-2H3. The monoisotopic (exact) mass is 272 g/mol. The lowest BCUT2D eigenvalue weighted by molar-refractivity contribution is 0.136. The average molecular weight is 272 g/mol. The predicted molar refractivity (Wildman–Crippen MR) is 83.9 cm³/mol. The molecule has 0 aliphatic carbocycles. The molecule has 108 valence electrons. The second-order valence-corrected chi connectivity index (χ2v) is 4.94. The molecule has 1 unspecified atom stereocenters. The molecule has 1 heterocycles. The molecule has 3 heteroatoms. The topological polar surface area (TPSA) is 34.1 Å². The summed E-state index contributed by atoms with van der Waals surface area (Å²) in [4.78, 5) is 4.21. The molecule has 0 aliphatic rings. The maximum atomic E-state index is 5.53. The molecule has 0 aliphatic heterocycles. The lowest BCUT2D eigenvalue weighted by Crippen LogP contribution is -2.23. The highest BCUT2D eigenvalue weighted by Gasteiger charge is 2.13. The maximum Gasteiger partial charge on any atom is 0.0484 e. The fraction of sp³-hybridized carbons (Fsp3) is 0.471. The van der Waals surface area contributed by atoms with Crippen molar-refractivity contribution in [3.05, 3.63) is 42.2 Å². The number of nitrogens with zero attached hydrogens (tertiary/aromatic N) is 1. The zero-order valence-corrected chi connectivity index (χ0v) is 12.4. The van der Waals surface area contributed by atoms with Crippen LogP contribution in [0.5, 0.6) is 0 Å². The summed E-state index contributed by atoms with van der Waals surface area (Å²) >= 11 is 0. The highest BCUT2D eigenvalue weighted by molar-refractivity contribution is 5.85. The molecular formula is C17H24N2O. The third kappa shape index (κ3) is 3.78. The van der Waals surface area contributed by atoms with E-state index in [4.69, 9.17) is 4.74 Å². The average Bonchev–Trinajstić information content (AvgIpc) is 2.50. The van der Waals surface area contributed by atoms with E-state index in [1.165, 1.54) is 16.3 Å². The lowest BCUT2D eigenvalue weighted by atomic mass is 9.98. The molecular weight excluding hydrogens is 248 g/mol. The van der Waals surface area contributed by atoms with Crippen LogP contribution in [0.1, 0.15) is 38.3 Å². The highest BCUT2D eigenvalue weighted by Crippen LogP contribution is 2.25. The number of hydrogen-bond donors (Lipinski definition) is 1. The molecule has 1 aromatic carbocycles. The first-order valence-electron chi connectivity index (χ1n) is 7.50. The SMILES string of the molecule is CCCNC(CCOCC)c1cccc2cnccc12. The van der Waals surface area contributed by atoms with E-state index in [1.807, 2.05) is 19.3 Å². The van der Waals surface area contributed by atoms with Crippen molar-refractivity contribution in [3.8, 4) is 0 Å². The van der Waals surface area contributed by atoms with Crippen LogP contribution in [0.4, 0.5) is 0 Å². The zero-order valence-electron chi connectivity index (χ0n) is 12.4. The van der Waals surface area contributed by atoms with E-state index in [9.17, 15) is 0 Å². The van der Waals surface area contributed by atoms with Crippen LogP contribution in [-0.2, 0) is 4.74 Å². The molecule has 20 heavy (non-hydrogen) atoms. The highest BCUT2D eigenvalue weighted by atomic mass is 16.5. The Hall–Kier alpha value is -1.45. The van der Waals surface area contributed by atoms with Crippen molar-refractivity contribution < 1.29 is 4.74 Å². The molecule has 0 fully saturated rings. The van der Waals surface area contributed by atoms with E-state index in [1.54, 1.807) is 0 Å². The Morgan fingerprint density at radius 3 is 2.95 bits per heavy atom. The Balaban J connectivity index is 2.24. The molecule has 0 saturated heterocycles. The number of pyridine rings is 1. The minimum atomic E-state index is 0.340. The third-order valence-corrected chi connectivity index (χ3v) is 3.49. The van der Waals surface area contributed by atoms with Gasteiger partial charge in [0.1, 0.15) is 0 Å². The van der Waals surface area contributed by atoms with Crippen LogP contribution in [0.15, 0.2) is 36.7 Å². The van der Waals surface area contributed by atoms with Gasteiger partial charge in [0.15, 0.2) is 0 Å².